The Balaban J connectivity index is 1.61. The van der Waals surface area contributed by atoms with Gasteiger partial charge in [-0.05, 0) is 54.6 Å². The highest BCUT2D eigenvalue weighted by molar-refractivity contribution is 6.51. The second kappa shape index (κ2) is 8.91. The Labute approximate surface area is 202 Å². The number of hydrogen-bond donors (Lipinski definition) is 1. The fraction of sp³-hybridized carbons (Fsp3) is 0.160. The SMILES string of the molecule is O=C1C(=O)N(c2ccc(OC(F)(F)F)cc2)C(c2ccccn2)/C1=C(/O)c1ccc2c(c1)OCCO2. The predicted molar refractivity (Wildman–Crippen MR) is 120 cm³/mol. The van der Waals surface area contributed by atoms with Crippen molar-refractivity contribution in [3.63, 3.8) is 0 Å². The van der Waals surface area contributed by atoms with E-state index >= 15 is 0 Å². The zero-order chi connectivity index (χ0) is 25.4. The summed E-state index contributed by atoms with van der Waals surface area (Å²) >= 11 is 0. The zero-order valence-electron chi connectivity index (χ0n) is 18.4. The van der Waals surface area contributed by atoms with E-state index in [4.69, 9.17) is 9.47 Å². The van der Waals surface area contributed by atoms with Crippen molar-refractivity contribution >= 4 is 23.1 Å². The number of nitrogens with zero attached hydrogens (tertiary/aromatic N) is 2. The summed E-state index contributed by atoms with van der Waals surface area (Å²) in [6.45, 7) is 0.680. The number of halogens is 3. The molecule has 1 amide bonds. The Morgan fingerprint density at radius 2 is 1.72 bits per heavy atom. The molecule has 0 saturated carbocycles. The van der Waals surface area contributed by atoms with Gasteiger partial charge in [-0.2, -0.15) is 0 Å². The van der Waals surface area contributed by atoms with Crippen molar-refractivity contribution in [2.45, 2.75) is 12.4 Å². The van der Waals surface area contributed by atoms with Gasteiger partial charge < -0.3 is 19.3 Å². The molecule has 0 radical (unpaired) electrons. The second-order valence-electron chi connectivity index (χ2n) is 7.82. The highest BCUT2D eigenvalue weighted by Gasteiger charge is 2.47. The normalized spacial score (nSPS) is 18.9. The molecule has 184 valence electrons. The van der Waals surface area contributed by atoms with Crippen LogP contribution in [0.4, 0.5) is 18.9 Å². The van der Waals surface area contributed by atoms with Crippen LogP contribution in [0.1, 0.15) is 17.3 Å². The second-order valence-corrected chi connectivity index (χ2v) is 7.82. The van der Waals surface area contributed by atoms with Crippen LogP contribution in [0.3, 0.4) is 0 Å². The Morgan fingerprint density at radius 1 is 1.00 bits per heavy atom. The predicted octanol–water partition coefficient (Wildman–Crippen LogP) is 4.38. The number of benzene rings is 2. The van der Waals surface area contributed by atoms with Crippen LogP contribution in [0.15, 0.2) is 72.4 Å². The van der Waals surface area contributed by atoms with Crippen LogP contribution in [0.5, 0.6) is 17.2 Å². The summed E-state index contributed by atoms with van der Waals surface area (Å²) in [4.78, 5) is 31.6. The molecule has 0 spiro atoms. The molecule has 0 bridgehead atoms. The van der Waals surface area contributed by atoms with Crippen molar-refractivity contribution in [2.75, 3.05) is 18.1 Å². The fourth-order valence-electron chi connectivity index (χ4n) is 4.07. The smallest absolute Gasteiger partial charge is 0.507 e. The number of carbonyl (C=O) groups is 2. The fourth-order valence-corrected chi connectivity index (χ4v) is 4.07. The van der Waals surface area contributed by atoms with Gasteiger partial charge in [0.05, 0.1) is 11.3 Å². The number of aromatic nitrogens is 1. The molecule has 1 unspecified atom stereocenters. The Kier molecular flexibility index (Phi) is 5.75. The number of ether oxygens (including phenoxy) is 3. The van der Waals surface area contributed by atoms with E-state index in [1.165, 1.54) is 30.5 Å². The number of fused-ring (bicyclic) bond motifs is 1. The van der Waals surface area contributed by atoms with Gasteiger partial charge in [-0.15, -0.1) is 13.2 Å². The van der Waals surface area contributed by atoms with Crippen LogP contribution in [0.2, 0.25) is 0 Å². The molecule has 1 atom stereocenters. The molecule has 1 saturated heterocycles. The lowest BCUT2D eigenvalue weighted by Crippen LogP contribution is -2.29. The number of Topliss-reactive ketones (excluding diaryl/α,β-unsaturated/α-hetero) is 1. The average molecular weight is 498 g/mol. The lowest BCUT2D eigenvalue weighted by Gasteiger charge is -2.25. The standard InChI is InChI=1S/C25H17F3N2O6/c26-25(27,28)36-16-7-5-15(6-8-16)30-21(17-3-1-2-10-29-17)20(23(32)24(30)33)22(31)14-4-9-18-19(13-14)35-12-11-34-18/h1-10,13,21,31H,11-12H2/b22-20-. The van der Waals surface area contributed by atoms with E-state index in [2.05, 4.69) is 9.72 Å². The van der Waals surface area contributed by atoms with Crippen molar-refractivity contribution in [3.05, 3.63) is 83.7 Å². The third-order valence-corrected chi connectivity index (χ3v) is 5.58. The van der Waals surface area contributed by atoms with Gasteiger partial charge in [-0.25, -0.2) is 0 Å². The molecule has 3 aromatic rings. The number of aliphatic hydroxyl groups is 1. The molecule has 3 heterocycles. The summed E-state index contributed by atoms with van der Waals surface area (Å²) in [5, 5.41) is 11.2. The highest BCUT2D eigenvalue weighted by Crippen LogP contribution is 2.43. The molecule has 2 aliphatic heterocycles. The van der Waals surface area contributed by atoms with Crippen LogP contribution >= 0.6 is 0 Å². The zero-order valence-corrected chi connectivity index (χ0v) is 18.4. The van der Waals surface area contributed by atoms with Crippen LogP contribution in [-0.4, -0.2) is 41.4 Å². The first-order chi connectivity index (χ1) is 17.2. The van der Waals surface area contributed by atoms with E-state index in [1.807, 2.05) is 0 Å². The van der Waals surface area contributed by atoms with Crippen LogP contribution in [0, 0.1) is 0 Å². The van der Waals surface area contributed by atoms with Crippen molar-refractivity contribution in [1.29, 1.82) is 0 Å². The van der Waals surface area contributed by atoms with Crippen LogP contribution in [0.25, 0.3) is 5.76 Å². The molecule has 2 aromatic carbocycles. The number of amides is 1. The maximum absolute atomic E-state index is 13.2. The first-order valence-corrected chi connectivity index (χ1v) is 10.7. The van der Waals surface area contributed by atoms with Crippen molar-refractivity contribution in [2.24, 2.45) is 0 Å². The Bertz CT molecular complexity index is 1360. The van der Waals surface area contributed by atoms with E-state index in [0.717, 1.165) is 17.0 Å². The number of hydrogen-bond acceptors (Lipinski definition) is 7. The largest absolute Gasteiger partial charge is 0.573 e. The Morgan fingerprint density at radius 3 is 2.39 bits per heavy atom. The maximum Gasteiger partial charge on any atom is 0.573 e. The quantitative estimate of drug-likeness (QED) is 0.324. The van der Waals surface area contributed by atoms with E-state index < -0.39 is 35.6 Å². The van der Waals surface area contributed by atoms with E-state index in [9.17, 15) is 27.9 Å². The summed E-state index contributed by atoms with van der Waals surface area (Å²) in [7, 11) is 0. The molecule has 1 N–H and O–H groups in total. The minimum absolute atomic E-state index is 0.114. The maximum atomic E-state index is 13.2. The van der Waals surface area contributed by atoms with Crippen molar-refractivity contribution < 1.29 is 42.1 Å². The minimum Gasteiger partial charge on any atom is -0.507 e. The number of pyridine rings is 1. The van der Waals surface area contributed by atoms with Gasteiger partial charge in [0.1, 0.15) is 30.8 Å². The number of carbonyl (C=O) groups excluding carboxylic acids is 2. The lowest BCUT2D eigenvalue weighted by molar-refractivity contribution is -0.274. The van der Waals surface area contributed by atoms with Gasteiger partial charge in [-0.3, -0.25) is 19.5 Å². The van der Waals surface area contributed by atoms with Gasteiger partial charge in [0.2, 0.25) is 0 Å². The summed E-state index contributed by atoms with van der Waals surface area (Å²) in [6.07, 6.45) is -3.43. The number of alkyl halides is 3. The summed E-state index contributed by atoms with van der Waals surface area (Å²) < 4.78 is 52.6. The van der Waals surface area contributed by atoms with E-state index in [-0.39, 0.29) is 22.5 Å². The summed E-state index contributed by atoms with van der Waals surface area (Å²) in [6, 6.07) is 12.8. The molecule has 8 nitrogen and oxygen atoms in total. The van der Waals surface area contributed by atoms with Gasteiger partial charge in [0, 0.05) is 17.4 Å². The Hall–Kier alpha value is -4.54. The molecule has 2 aliphatic rings. The molecule has 0 aliphatic carbocycles. The summed E-state index contributed by atoms with van der Waals surface area (Å²) in [5.74, 6) is -2.06. The van der Waals surface area contributed by atoms with Crippen molar-refractivity contribution in [1.82, 2.24) is 4.98 Å². The molecule has 5 rings (SSSR count). The molecular weight excluding hydrogens is 481 g/mol. The third kappa shape index (κ3) is 4.30. The highest BCUT2D eigenvalue weighted by atomic mass is 19.4. The van der Waals surface area contributed by atoms with Crippen molar-refractivity contribution in [3.8, 4) is 17.2 Å². The molecule has 11 heteroatoms. The number of rotatable bonds is 4. The number of aliphatic hydroxyl groups excluding tert-OH is 1. The van der Waals surface area contributed by atoms with Gasteiger partial charge in [0.25, 0.3) is 11.7 Å². The molecular formula is C25H17F3N2O6. The van der Waals surface area contributed by atoms with Gasteiger partial charge in [0.15, 0.2) is 11.5 Å². The molecule has 1 aromatic heterocycles. The summed E-state index contributed by atoms with van der Waals surface area (Å²) in [5.41, 5.74) is 0.369. The molecule has 1 fully saturated rings. The first kappa shape index (κ1) is 23.2. The molecule has 36 heavy (non-hydrogen) atoms. The van der Waals surface area contributed by atoms with Crippen LogP contribution < -0.4 is 19.1 Å². The first-order valence-electron chi connectivity index (χ1n) is 10.7. The van der Waals surface area contributed by atoms with E-state index in [0.29, 0.717) is 24.7 Å². The topological polar surface area (TPSA) is 98.2 Å². The monoisotopic (exact) mass is 498 g/mol. The minimum atomic E-state index is -4.89. The van der Waals surface area contributed by atoms with E-state index in [1.54, 1.807) is 24.3 Å². The average Bonchev–Trinajstić information content (AvgIpc) is 3.13. The van der Waals surface area contributed by atoms with Crippen LogP contribution in [-0.2, 0) is 9.59 Å². The third-order valence-electron chi connectivity index (χ3n) is 5.58. The van der Waals surface area contributed by atoms with Gasteiger partial charge in [-0.1, -0.05) is 6.07 Å². The number of ketones is 1. The van der Waals surface area contributed by atoms with Gasteiger partial charge >= 0.3 is 6.36 Å². The number of anilines is 1. The lowest BCUT2D eigenvalue weighted by atomic mass is 9.98.